The molecule has 6 nitrogen and oxygen atoms in total. The Balaban J connectivity index is 1.69. The number of benzene rings is 2. The third kappa shape index (κ3) is 3.92. The van der Waals surface area contributed by atoms with Gasteiger partial charge in [-0.25, -0.2) is 4.39 Å². The number of nitrogens with zero attached hydrogens (tertiary/aromatic N) is 2. The van der Waals surface area contributed by atoms with Crippen molar-refractivity contribution in [2.24, 2.45) is 0 Å². The molecule has 142 valence electrons. The van der Waals surface area contributed by atoms with Crippen molar-refractivity contribution in [3.63, 3.8) is 0 Å². The minimum atomic E-state index is -0.471. The molecule has 1 aliphatic heterocycles. The van der Waals surface area contributed by atoms with Gasteiger partial charge in [-0.1, -0.05) is 12.1 Å². The maximum absolute atomic E-state index is 14.3. The molecule has 1 amide bonds. The van der Waals surface area contributed by atoms with Gasteiger partial charge in [-0.3, -0.25) is 14.9 Å². The van der Waals surface area contributed by atoms with E-state index >= 15 is 0 Å². The fraction of sp³-hybridized carbons (Fsp3) is 0.350. The van der Waals surface area contributed by atoms with Crippen LogP contribution in [0.4, 0.5) is 21.5 Å². The molecule has 0 fully saturated rings. The molecule has 1 aliphatic rings. The molecule has 7 heteroatoms. The maximum atomic E-state index is 14.3. The first kappa shape index (κ1) is 18.8. The topological polar surface area (TPSA) is 75.5 Å². The minimum absolute atomic E-state index is 0.0321. The van der Waals surface area contributed by atoms with Gasteiger partial charge in [0.15, 0.2) is 0 Å². The van der Waals surface area contributed by atoms with Crippen LogP contribution in [0, 0.1) is 29.8 Å². The number of carbonyl (C=O) groups excluding carboxylic acids is 1. The second-order valence-electron chi connectivity index (χ2n) is 6.79. The Morgan fingerprint density at radius 1 is 1.30 bits per heavy atom. The minimum Gasteiger partial charge on any atom is -0.368 e. The summed E-state index contributed by atoms with van der Waals surface area (Å²) in [6.07, 6.45) is 1.94. The standard InChI is InChI=1S/C20H22FN3O3/c1-13-8-9-16(21)20-15(13)5-4-11-23(20)12-10-19(25)22-17-6-3-7-18(14(17)2)24(26)27/h3,6-9H,4-5,10-12H2,1-2H3,(H,22,25). The smallest absolute Gasteiger partial charge is 0.274 e. The van der Waals surface area contributed by atoms with Gasteiger partial charge in [0.2, 0.25) is 5.91 Å². The molecule has 0 saturated carbocycles. The first-order chi connectivity index (χ1) is 12.9. The van der Waals surface area contributed by atoms with E-state index in [9.17, 15) is 19.3 Å². The van der Waals surface area contributed by atoms with Crippen molar-refractivity contribution < 1.29 is 14.1 Å². The Kier molecular flexibility index (Phi) is 5.39. The lowest BCUT2D eigenvalue weighted by Crippen LogP contribution is -2.33. The van der Waals surface area contributed by atoms with Gasteiger partial charge < -0.3 is 10.2 Å². The van der Waals surface area contributed by atoms with Gasteiger partial charge in [0.05, 0.1) is 21.9 Å². The SMILES string of the molecule is Cc1ccc(F)c2c1CCCN2CCC(=O)Nc1cccc([N+](=O)[O-])c1C. The first-order valence-corrected chi connectivity index (χ1v) is 8.95. The summed E-state index contributed by atoms with van der Waals surface area (Å²) in [6.45, 7) is 4.68. The van der Waals surface area contributed by atoms with Gasteiger partial charge in [0.25, 0.3) is 5.69 Å². The Morgan fingerprint density at radius 2 is 2.07 bits per heavy atom. The van der Waals surface area contributed by atoms with Gasteiger partial charge in [0, 0.05) is 25.6 Å². The lowest BCUT2D eigenvalue weighted by molar-refractivity contribution is -0.385. The molecule has 3 rings (SSSR count). The second-order valence-corrected chi connectivity index (χ2v) is 6.79. The van der Waals surface area contributed by atoms with Crippen molar-refractivity contribution in [1.82, 2.24) is 0 Å². The van der Waals surface area contributed by atoms with Crippen molar-refractivity contribution in [2.45, 2.75) is 33.1 Å². The van der Waals surface area contributed by atoms with Crippen molar-refractivity contribution in [1.29, 1.82) is 0 Å². The zero-order chi connectivity index (χ0) is 19.6. The third-order valence-corrected chi connectivity index (χ3v) is 5.02. The van der Waals surface area contributed by atoms with Gasteiger partial charge in [0.1, 0.15) is 5.82 Å². The molecule has 0 bridgehead atoms. The molecular weight excluding hydrogens is 349 g/mol. The number of anilines is 2. The fourth-order valence-electron chi connectivity index (χ4n) is 3.55. The average Bonchev–Trinajstić information content (AvgIpc) is 2.64. The molecule has 2 aromatic carbocycles. The number of hydrogen-bond donors (Lipinski definition) is 1. The van der Waals surface area contributed by atoms with Crippen LogP contribution >= 0.6 is 0 Å². The predicted molar refractivity (Wildman–Crippen MR) is 103 cm³/mol. The summed E-state index contributed by atoms with van der Waals surface area (Å²) in [5.41, 5.74) is 3.48. The van der Waals surface area contributed by atoms with Crippen LogP contribution < -0.4 is 10.2 Å². The molecule has 1 N–H and O–H groups in total. The Morgan fingerprint density at radius 3 is 2.81 bits per heavy atom. The largest absolute Gasteiger partial charge is 0.368 e. The van der Waals surface area contributed by atoms with Gasteiger partial charge in [-0.2, -0.15) is 0 Å². The van der Waals surface area contributed by atoms with E-state index in [4.69, 9.17) is 0 Å². The van der Waals surface area contributed by atoms with Crippen LogP contribution in [0.25, 0.3) is 0 Å². The number of carbonyl (C=O) groups is 1. The number of amides is 1. The highest BCUT2D eigenvalue weighted by Gasteiger charge is 2.23. The zero-order valence-electron chi connectivity index (χ0n) is 15.4. The number of aryl methyl sites for hydroxylation is 1. The molecule has 27 heavy (non-hydrogen) atoms. The number of nitro benzene ring substituents is 1. The van der Waals surface area contributed by atoms with Crippen molar-refractivity contribution in [3.05, 3.63) is 63.0 Å². The number of halogens is 1. The Labute approximate surface area is 157 Å². The van der Waals surface area contributed by atoms with Crippen LogP contribution in [-0.4, -0.2) is 23.9 Å². The monoisotopic (exact) mass is 371 g/mol. The summed E-state index contributed by atoms with van der Waals surface area (Å²) in [7, 11) is 0. The molecular formula is C20H22FN3O3. The highest BCUT2D eigenvalue weighted by atomic mass is 19.1. The quantitative estimate of drug-likeness (QED) is 0.633. The normalized spacial score (nSPS) is 13.2. The zero-order valence-corrected chi connectivity index (χ0v) is 15.4. The van der Waals surface area contributed by atoms with E-state index in [0.29, 0.717) is 30.0 Å². The van der Waals surface area contributed by atoms with Crippen LogP contribution in [0.1, 0.15) is 29.5 Å². The number of nitro groups is 1. The number of hydrogen-bond acceptors (Lipinski definition) is 4. The lowest BCUT2D eigenvalue weighted by Gasteiger charge is -2.32. The highest BCUT2D eigenvalue weighted by molar-refractivity contribution is 5.92. The molecule has 0 radical (unpaired) electrons. The lowest BCUT2D eigenvalue weighted by atomic mass is 9.96. The number of fused-ring (bicyclic) bond motifs is 1. The summed E-state index contributed by atoms with van der Waals surface area (Å²) < 4.78 is 14.3. The first-order valence-electron chi connectivity index (χ1n) is 8.95. The van der Waals surface area contributed by atoms with E-state index in [0.717, 1.165) is 24.0 Å². The van der Waals surface area contributed by atoms with Crippen LogP contribution in [0.2, 0.25) is 0 Å². The highest BCUT2D eigenvalue weighted by Crippen LogP contribution is 2.32. The molecule has 0 atom stereocenters. The third-order valence-electron chi connectivity index (χ3n) is 5.02. The molecule has 0 spiro atoms. The second kappa shape index (κ2) is 7.73. The Bertz CT molecular complexity index is 898. The van der Waals surface area contributed by atoms with E-state index in [2.05, 4.69) is 5.32 Å². The molecule has 0 aliphatic carbocycles. The molecule has 0 saturated heterocycles. The average molecular weight is 371 g/mol. The molecule has 0 aromatic heterocycles. The van der Waals surface area contributed by atoms with E-state index < -0.39 is 4.92 Å². The summed E-state index contributed by atoms with van der Waals surface area (Å²) in [5, 5.41) is 13.8. The van der Waals surface area contributed by atoms with Crippen molar-refractivity contribution in [2.75, 3.05) is 23.3 Å². The fourth-order valence-corrected chi connectivity index (χ4v) is 3.55. The van der Waals surface area contributed by atoms with E-state index in [-0.39, 0.29) is 23.8 Å². The van der Waals surface area contributed by atoms with Gasteiger partial charge >= 0.3 is 0 Å². The summed E-state index contributed by atoms with van der Waals surface area (Å²) >= 11 is 0. The summed E-state index contributed by atoms with van der Waals surface area (Å²) in [4.78, 5) is 24.8. The van der Waals surface area contributed by atoms with E-state index in [1.807, 2.05) is 11.8 Å². The molecule has 0 unspecified atom stereocenters. The van der Waals surface area contributed by atoms with Crippen molar-refractivity contribution in [3.8, 4) is 0 Å². The van der Waals surface area contributed by atoms with Crippen LogP contribution in [0.3, 0.4) is 0 Å². The summed E-state index contributed by atoms with van der Waals surface area (Å²) in [6, 6.07) is 7.84. The van der Waals surface area contributed by atoms with Gasteiger partial charge in [-0.15, -0.1) is 0 Å². The Hall–Kier alpha value is -2.96. The van der Waals surface area contributed by atoms with Crippen LogP contribution in [0.5, 0.6) is 0 Å². The summed E-state index contributed by atoms with van der Waals surface area (Å²) in [5.74, 6) is -0.510. The number of rotatable bonds is 5. The van der Waals surface area contributed by atoms with E-state index in [1.165, 1.54) is 12.1 Å². The molecule has 1 heterocycles. The van der Waals surface area contributed by atoms with Gasteiger partial charge in [-0.05, 0) is 49.9 Å². The predicted octanol–water partition coefficient (Wildman–Crippen LogP) is 4.13. The van der Waals surface area contributed by atoms with Crippen molar-refractivity contribution >= 4 is 23.0 Å². The van der Waals surface area contributed by atoms with Crippen LogP contribution in [-0.2, 0) is 11.2 Å². The maximum Gasteiger partial charge on any atom is 0.274 e. The molecule has 2 aromatic rings. The number of nitrogens with one attached hydrogen (secondary N) is 1. The van der Waals surface area contributed by atoms with Crippen LogP contribution in [0.15, 0.2) is 30.3 Å². The van der Waals surface area contributed by atoms with E-state index in [1.54, 1.807) is 25.1 Å².